The molecular formula is C12H6Cl5N. The highest BCUT2D eigenvalue weighted by Gasteiger charge is 2.16. The topological polar surface area (TPSA) is 26.0 Å². The average Bonchev–Trinajstić information content (AvgIpc) is 2.31. The van der Waals surface area contributed by atoms with E-state index in [4.69, 9.17) is 63.7 Å². The molecule has 0 saturated carbocycles. The van der Waals surface area contributed by atoms with Crippen molar-refractivity contribution in [1.82, 2.24) is 0 Å². The summed E-state index contributed by atoms with van der Waals surface area (Å²) in [4.78, 5) is 0. The first-order valence-corrected chi connectivity index (χ1v) is 6.69. The fourth-order valence-electron chi connectivity index (χ4n) is 1.51. The Bertz CT molecular complexity index is 598. The molecule has 0 radical (unpaired) electrons. The second kappa shape index (κ2) is 5.36. The summed E-state index contributed by atoms with van der Waals surface area (Å²) >= 11 is 30.2. The van der Waals surface area contributed by atoms with Crippen LogP contribution in [0.4, 0.5) is 5.69 Å². The van der Waals surface area contributed by atoms with Crippen LogP contribution >= 0.6 is 58.0 Å². The maximum absolute atomic E-state index is 6.15. The summed E-state index contributed by atoms with van der Waals surface area (Å²) in [5.41, 5.74) is 7.37. The number of anilines is 1. The third kappa shape index (κ3) is 2.52. The highest BCUT2D eigenvalue weighted by Crippen LogP contribution is 2.44. The van der Waals surface area contributed by atoms with Gasteiger partial charge < -0.3 is 5.73 Å². The first-order valence-electron chi connectivity index (χ1n) is 4.80. The lowest BCUT2D eigenvalue weighted by molar-refractivity contribution is 1.61. The van der Waals surface area contributed by atoms with Crippen molar-refractivity contribution in [3.63, 3.8) is 0 Å². The van der Waals surface area contributed by atoms with Crippen LogP contribution in [-0.4, -0.2) is 0 Å². The Hall–Kier alpha value is -0.310. The molecule has 0 heterocycles. The van der Waals surface area contributed by atoms with E-state index in [2.05, 4.69) is 0 Å². The molecule has 2 rings (SSSR count). The van der Waals surface area contributed by atoms with E-state index in [1.165, 1.54) is 6.07 Å². The van der Waals surface area contributed by atoms with E-state index in [0.29, 0.717) is 41.9 Å². The molecular weight excluding hydrogens is 335 g/mol. The Morgan fingerprint density at radius 1 is 0.722 bits per heavy atom. The van der Waals surface area contributed by atoms with Gasteiger partial charge in [0, 0.05) is 5.56 Å². The predicted molar refractivity (Wildman–Crippen MR) is 81.3 cm³/mol. The summed E-state index contributed by atoms with van der Waals surface area (Å²) in [5.74, 6) is 0. The van der Waals surface area contributed by atoms with E-state index >= 15 is 0 Å². The predicted octanol–water partition coefficient (Wildman–Crippen LogP) is 6.20. The lowest BCUT2D eigenvalue weighted by Crippen LogP contribution is -1.89. The quantitative estimate of drug-likeness (QED) is 0.485. The van der Waals surface area contributed by atoms with Crippen LogP contribution in [0.2, 0.25) is 25.1 Å². The number of hydrogen-bond acceptors (Lipinski definition) is 1. The first-order chi connectivity index (χ1) is 8.41. The van der Waals surface area contributed by atoms with Crippen molar-refractivity contribution in [3.8, 4) is 11.1 Å². The molecule has 0 aliphatic rings. The van der Waals surface area contributed by atoms with Gasteiger partial charge in [-0.2, -0.15) is 0 Å². The van der Waals surface area contributed by atoms with Gasteiger partial charge in [0.05, 0.1) is 30.8 Å². The van der Waals surface area contributed by atoms with Crippen molar-refractivity contribution in [3.05, 3.63) is 49.4 Å². The van der Waals surface area contributed by atoms with Crippen molar-refractivity contribution in [2.75, 3.05) is 5.73 Å². The molecule has 0 amide bonds. The van der Waals surface area contributed by atoms with Gasteiger partial charge >= 0.3 is 0 Å². The smallest absolute Gasteiger partial charge is 0.0686 e. The van der Waals surface area contributed by atoms with Crippen LogP contribution in [0.5, 0.6) is 0 Å². The Labute approximate surface area is 129 Å². The molecule has 0 aromatic heterocycles. The third-order valence-electron chi connectivity index (χ3n) is 2.40. The maximum Gasteiger partial charge on any atom is 0.0686 e. The molecule has 0 aliphatic carbocycles. The molecule has 94 valence electrons. The largest absolute Gasteiger partial charge is 0.398 e. The monoisotopic (exact) mass is 339 g/mol. The van der Waals surface area contributed by atoms with Crippen molar-refractivity contribution < 1.29 is 0 Å². The normalized spacial score (nSPS) is 10.7. The van der Waals surface area contributed by atoms with Gasteiger partial charge in [-0.15, -0.1) is 0 Å². The second-order valence-corrected chi connectivity index (χ2v) is 5.56. The molecule has 6 heteroatoms. The molecule has 0 fully saturated rings. The average molecular weight is 341 g/mol. The van der Waals surface area contributed by atoms with Gasteiger partial charge in [0.1, 0.15) is 0 Å². The second-order valence-electron chi connectivity index (χ2n) is 3.58. The Morgan fingerprint density at radius 3 is 1.78 bits per heavy atom. The molecule has 0 bridgehead atoms. The van der Waals surface area contributed by atoms with E-state index in [1.54, 1.807) is 18.2 Å². The summed E-state index contributed by atoms with van der Waals surface area (Å²) < 4.78 is 0. The zero-order chi connectivity index (χ0) is 13.4. The SMILES string of the molecule is Nc1ccc(-c2c(Cl)c(Cl)cc(Cl)c2Cl)cc1Cl. The Morgan fingerprint density at radius 2 is 1.28 bits per heavy atom. The number of rotatable bonds is 1. The number of halogens is 5. The fraction of sp³-hybridized carbons (Fsp3) is 0. The van der Waals surface area contributed by atoms with Crippen LogP contribution in [0.15, 0.2) is 24.3 Å². The molecule has 2 aromatic carbocycles. The molecule has 0 saturated heterocycles. The Kier molecular flexibility index (Phi) is 4.20. The van der Waals surface area contributed by atoms with Crippen LogP contribution in [0, 0.1) is 0 Å². The molecule has 0 aliphatic heterocycles. The van der Waals surface area contributed by atoms with Crippen molar-refractivity contribution >= 4 is 63.7 Å². The van der Waals surface area contributed by atoms with Gasteiger partial charge in [0.25, 0.3) is 0 Å². The number of hydrogen-bond donors (Lipinski definition) is 1. The number of nitrogen functional groups attached to an aromatic ring is 1. The molecule has 1 nitrogen and oxygen atoms in total. The number of nitrogens with two attached hydrogens (primary N) is 1. The fourth-order valence-corrected chi connectivity index (χ4v) is 2.72. The zero-order valence-electron chi connectivity index (χ0n) is 8.78. The van der Waals surface area contributed by atoms with E-state index in [-0.39, 0.29) is 0 Å². The zero-order valence-corrected chi connectivity index (χ0v) is 12.6. The third-order valence-corrected chi connectivity index (χ3v) is 4.30. The summed E-state index contributed by atoms with van der Waals surface area (Å²) in [6, 6.07) is 6.58. The number of benzene rings is 2. The lowest BCUT2D eigenvalue weighted by atomic mass is 10.1. The highest BCUT2D eigenvalue weighted by molar-refractivity contribution is 6.50. The van der Waals surface area contributed by atoms with Crippen molar-refractivity contribution in [1.29, 1.82) is 0 Å². The van der Waals surface area contributed by atoms with Gasteiger partial charge in [-0.25, -0.2) is 0 Å². The van der Waals surface area contributed by atoms with Crippen LogP contribution in [0.25, 0.3) is 11.1 Å². The van der Waals surface area contributed by atoms with E-state index in [0.717, 1.165) is 0 Å². The van der Waals surface area contributed by atoms with E-state index in [9.17, 15) is 0 Å². The standard InChI is InChI=1S/C12H6Cl5N/c13-6-3-5(1-2-9(6)18)10-11(16)7(14)4-8(15)12(10)17/h1-4H,18H2. The maximum atomic E-state index is 6.15. The van der Waals surface area contributed by atoms with Gasteiger partial charge in [0.2, 0.25) is 0 Å². The summed E-state index contributed by atoms with van der Waals surface area (Å²) in [6.07, 6.45) is 0. The van der Waals surface area contributed by atoms with E-state index < -0.39 is 0 Å². The minimum atomic E-state index is 0.326. The first kappa shape index (κ1) is 14.1. The summed E-state index contributed by atoms with van der Waals surface area (Å²) in [5, 5.41) is 1.72. The van der Waals surface area contributed by atoms with Crippen molar-refractivity contribution in [2.24, 2.45) is 0 Å². The summed E-state index contributed by atoms with van der Waals surface area (Å²) in [7, 11) is 0. The Balaban J connectivity index is 2.74. The van der Waals surface area contributed by atoms with Crippen LogP contribution in [0.3, 0.4) is 0 Å². The van der Waals surface area contributed by atoms with Crippen LogP contribution in [-0.2, 0) is 0 Å². The molecule has 2 N–H and O–H groups in total. The van der Waals surface area contributed by atoms with Crippen LogP contribution < -0.4 is 5.73 Å². The minimum Gasteiger partial charge on any atom is -0.398 e. The molecule has 2 aromatic rings. The molecule has 0 unspecified atom stereocenters. The van der Waals surface area contributed by atoms with Crippen molar-refractivity contribution in [2.45, 2.75) is 0 Å². The van der Waals surface area contributed by atoms with E-state index in [1.807, 2.05) is 0 Å². The van der Waals surface area contributed by atoms with Gasteiger partial charge in [-0.3, -0.25) is 0 Å². The van der Waals surface area contributed by atoms with Gasteiger partial charge in [-0.1, -0.05) is 64.1 Å². The van der Waals surface area contributed by atoms with Gasteiger partial charge in [0.15, 0.2) is 0 Å². The summed E-state index contributed by atoms with van der Waals surface area (Å²) in [6.45, 7) is 0. The highest BCUT2D eigenvalue weighted by atomic mass is 35.5. The minimum absolute atomic E-state index is 0.326. The molecule has 0 atom stereocenters. The molecule has 18 heavy (non-hydrogen) atoms. The molecule has 0 spiro atoms. The van der Waals surface area contributed by atoms with Crippen LogP contribution in [0.1, 0.15) is 0 Å². The lowest BCUT2D eigenvalue weighted by Gasteiger charge is -2.11. The van der Waals surface area contributed by atoms with Gasteiger partial charge in [-0.05, 0) is 23.8 Å².